The predicted octanol–water partition coefficient (Wildman–Crippen LogP) is 1.80. The Kier molecular flexibility index (Phi) is 5.69. The van der Waals surface area contributed by atoms with E-state index in [1.807, 2.05) is 0 Å². The van der Waals surface area contributed by atoms with E-state index in [0.717, 1.165) is 24.2 Å². The van der Waals surface area contributed by atoms with Gasteiger partial charge >= 0.3 is 0 Å². The van der Waals surface area contributed by atoms with E-state index in [-0.39, 0.29) is 29.2 Å². The molecule has 0 bridgehead atoms. The number of aromatic amines is 1. The number of carbonyl (C=O) groups is 2. The Hall–Kier alpha value is -2.16. The summed E-state index contributed by atoms with van der Waals surface area (Å²) in [7, 11) is 0. The van der Waals surface area contributed by atoms with Gasteiger partial charge in [0, 0.05) is 43.0 Å². The van der Waals surface area contributed by atoms with Crippen molar-refractivity contribution in [1.29, 1.82) is 0 Å². The second kappa shape index (κ2) is 7.84. The number of halogens is 3. The van der Waals surface area contributed by atoms with Crippen LogP contribution in [0.2, 0.25) is 5.02 Å². The Morgan fingerprint density at radius 3 is 3.00 bits per heavy atom. The molecule has 1 fully saturated rings. The van der Waals surface area contributed by atoms with Crippen LogP contribution in [0.25, 0.3) is 0 Å². The maximum atomic E-state index is 13.7. The summed E-state index contributed by atoms with van der Waals surface area (Å²) in [4.78, 5) is 26.6. The second-order valence-corrected chi connectivity index (χ2v) is 6.77. The first-order chi connectivity index (χ1) is 12.5. The largest absolute Gasteiger partial charge is 0.339 e. The molecular formula is C17H18Cl2FN5O2. The van der Waals surface area contributed by atoms with Crippen molar-refractivity contribution in [3.8, 4) is 0 Å². The van der Waals surface area contributed by atoms with Crippen molar-refractivity contribution in [2.45, 2.75) is 25.4 Å². The Morgan fingerprint density at radius 1 is 1.41 bits per heavy atom. The van der Waals surface area contributed by atoms with Crippen molar-refractivity contribution in [1.82, 2.24) is 20.8 Å². The third kappa shape index (κ3) is 3.65. The van der Waals surface area contributed by atoms with Gasteiger partial charge in [0.05, 0.1) is 5.02 Å². The van der Waals surface area contributed by atoms with E-state index in [1.165, 1.54) is 17.0 Å². The van der Waals surface area contributed by atoms with Crippen molar-refractivity contribution in [2.24, 2.45) is 0 Å². The van der Waals surface area contributed by atoms with Gasteiger partial charge in [-0.2, -0.15) is 5.10 Å². The van der Waals surface area contributed by atoms with Gasteiger partial charge in [-0.25, -0.2) is 4.39 Å². The van der Waals surface area contributed by atoms with Gasteiger partial charge in [0.25, 0.3) is 5.91 Å². The summed E-state index contributed by atoms with van der Waals surface area (Å²) >= 11 is 5.69. The number of carbonyl (C=O) groups excluding carboxylic acids is 2. The number of hydrogen-bond donors (Lipinski definition) is 3. The number of aromatic nitrogens is 2. The summed E-state index contributed by atoms with van der Waals surface area (Å²) in [5, 5.41) is 12.9. The van der Waals surface area contributed by atoms with Crippen LogP contribution in [0, 0.1) is 5.82 Å². The molecule has 2 aliphatic heterocycles. The van der Waals surface area contributed by atoms with Crippen LogP contribution < -0.4 is 15.5 Å². The molecule has 0 radical (unpaired) electrons. The van der Waals surface area contributed by atoms with Gasteiger partial charge < -0.3 is 15.5 Å². The number of amides is 2. The quantitative estimate of drug-likeness (QED) is 0.715. The van der Waals surface area contributed by atoms with Crippen LogP contribution in [-0.2, 0) is 17.8 Å². The minimum absolute atomic E-state index is 0. The van der Waals surface area contributed by atoms with Crippen LogP contribution in [-0.4, -0.2) is 41.1 Å². The molecule has 4 rings (SSSR count). The number of anilines is 1. The number of nitrogens with zero attached hydrogens (tertiary/aromatic N) is 2. The van der Waals surface area contributed by atoms with Crippen LogP contribution in [0.3, 0.4) is 0 Å². The SMILES string of the molecule is Cl.O=C(NC1CCN(c2ccc(Cl)c(F)c2)C1=O)c1n[nH]c2c1CNCC2. The van der Waals surface area contributed by atoms with Crippen molar-refractivity contribution >= 4 is 41.5 Å². The summed E-state index contributed by atoms with van der Waals surface area (Å²) in [6.45, 7) is 1.80. The van der Waals surface area contributed by atoms with E-state index in [0.29, 0.717) is 30.9 Å². The van der Waals surface area contributed by atoms with Gasteiger partial charge in [0.1, 0.15) is 11.9 Å². The first-order valence-electron chi connectivity index (χ1n) is 8.38. The van der Waals surface area contributed by atoms with Crippen LogP contribution in [0.4, 0.5) is 10.1 Å². The molecule has 0 spiro atoms. The van der Waals surface area contributed by atoms with E-state index >= 15 is 0 Å². The molecule has 7 nitrogen and oxygen atoms in total. The summed E-state index contributed by atoms with van der Waals surface area (Å²) in [5.74, 6) is -1.24. The fourth-order valence-electron chi connectivity index (χ4n) is 3.36. The molecular weight excluding hydrogens is 396 g/mol. The first kappa shape index (κ1) is 19.6. The minimum atomic E-state index is -0.662. The molecule has 3 heterocycles. The normalized spacial score (nSPS) is 18.8. The fourth-order valence-corrected chi connectivity index (χ4v) is 3.48. The van der Waals surface area contributed by atoms with E-state index in [2.05, 4.69) is 20.8 Å². The number of benzene rings is 1. The van der Waals surface area contributed by atoms with E-state index in [4.69, 9.17) is 11.6 Å². The van der Waals surface area contributed by atoms with E-state index < -0.39 is 11.9 Å². The second-order valence-electron chi connectivity index (χ2n) is 6.36. The van der Waals surface area contributed by atoms with Crippen molar-refractivity contribution in [3.63, 3.8) is 0 Å². The van der Waals surface area contributed by atoms with Crippen LogP contribution >= 0.6 is 24.0 Å². The van der Waals surface area contributed by atoms with Gasteiger partial charge in [-0.05, 0) is 24.6 Å². The van der Waals surface area contributed by atoms with Crippen LogP contribution in [0.15, 0.2) is 18.2 Å². The molecule has 144 valence electrons. The molecule has 1 aromatic heterocycles. The molecule has 0 saturated carbocycles. The minimum Gasteiger partial charge on any atom is -0.339 e. The van der Waals surface area contributed by atoms with Crippen molar-refractivity contribution in [2.75, 3.05) is 18.0 Å². The van der Waals surface area contributed by atoms with Gasteiger partial charge in [0.15, 0.2) is 5.69 Å². The number of H-pyrrole nitrogens is 1. The monoisotopic (exact) mass is 413 g/mol. The third-order valence-corrected chi connectivity index (χ3v) is 5.05. The number of hydrogen-bond acceptors (Lipinski definition) is 4. The van der Waals surface area contributed by atoms with Gasteiger partial charge in [-0.1, -0.05) is 11.6 Å². The molecule has 1 saturated heterocycles. The average molecular weight is 414 g/mol. The molecule has 27 heavy (non-hydrogen) atoms. The average Bonchev–Trinajstić information content (AvgIpc) is 3.22. The first-order valence-corrected chi connectivity index (χ1v) is 8.76. The summed E-state index contributed by atoms with van der Waals surface area (Å²) in [5.41, 5.74) is 2.53. The predicted molar refractivity (Wildman–Crippen MR) is 101 cm³/mol. The molecule has 10 heteroatoms. The van der Waals surface area contributed by atoms with Crippen LogP contribution in [0.1, 0.15) is 28.2 Å². The molecule has 1 unspecified atom stereocenters. The van der Waals surface area contributed by atoms with Crippen molar-refractivity contribution < 1.29 is 14.0 Å². The smallest absolute Gasteiger partial charge is 0.272 e. The Morgan fingerprint density at radius 2 is 2.22 bits per heavy atom. The summed E-state index contributed by atoms with van der Waals surface area (Å²) in [6.07, 6.45) is 1.23. The lowest BCUT2D eigenvalue weighted by molar-refractivity contribution is -0.118. The summed E-state index contributed by atoms with van der Waals surface area (Å²) in [6, 6.07) is 3.56. The number of fused-ring (bicyclic) bond motifs is 1. The molecule has 1 aromatic carbocycles. The molecule has 1 atom stereocenters. The molecule has 2 aliphatic rings. The Labute approximate surface area is 166 Å². The van der Waals surface area contributed by atoms with Crippen LogP contribution in [0.5, 0.6) is 0 Å². The third-order valence-electron chi connectivity index (χ3n) is 4.75. The zero-order valence-electron chi connectivity index (χ0n) is 14.2. The summed E-state index contributed by atoms with van der Waals surface area (Å²) < 4.78 is 13.7. The highest BCUT2D eigenvalue weighted by Gasteiger charge is 2.35. The van der Waals surface area contributed by atoms with E-state index in [9.17, 15) is 14.0 Å². The lowest BCUT2D eigenvalue weighted by atomic mass is 10.1. The van der Waals surface area contributed by atoms with Crippen molar-refractivity contribution in [3.05, 3.63) is 46.0 Å². The highest BCUT2D eigenvalue weighted by Crippen LogP contribution is 2.26. The zero-order valence-corrected chi connectivity index (χ0v) is 15.8. The van der Waals surface area contributed by atoms with Gasteiger partial charge in [0.2, 0.25) is 5.91 Å². The molecule has 2 amide bonds. The molecule has 2 aromatic rings. The topological polar surface area (TPSA) is 90.1 Å². The van der Waals surface area contributed by atoms with Gasteiger partial charge in [-0.3, -0.25) is 14.7 Å². The fraction of sp³-hybridized carbons (Fsp3) is 0.353. The molecule has 3 N–H and O–H groups in total. The number of rotatable bonds is 3. The Bertz CT molecular complexity index is 888. The lowest BCUT2D eigenvalue weighted by Gasteiger charge is -2.18. The maximum Gasteiger partial charge on any atom is 0.272 e. The Balaban J connectivity index is 0.00000210. The van der Waals surface area contributed by atoms with Gasteiger partial charge in [-0.15, -0.1) is 12.4 Å². The lowest BCUT2D eigenvalue weighted by Crippen LogP contribution is -2.42. The highest BCUT2D eigenvalue weighted by molar-refractivity contribution is 6.30. The standard InChI is InChI=1S/C17H17ClFN5O2.ClH/c18-11-2-1-9(7-12(11)19)24-6-4-14(17(24)26)21-16(25)15-10-8-20-5-3-13(10)22-23-15;/h1-2,7,14,20H,3-6,8H2,(H,21,25)(H,22,23);1H. The zero-order chi connectivity index (χ0) is 18.3. The number of nitrogens with one attached hydrogen (secondary N) is 3. The molecule has 0 aliphatic carbocycles. The van der Waals surface area contributed by atoms with E-state index in [1.54, 1.807) is 6.07 Å². The maximum absolute atomic E-state index is 13.7. The highest BCUT2D eigenvalue weighted by atomic mass is 35.5.